The zero-order valence-corrected chi connectivity index (χ0v) is 11.1. The first-order chi connectivity index (χ1) is 9.24. The number of benzene rings is 1. The summed E-state index contributed by atoms with van der Waals surface area (Å²) in [6.07, 6.45) is 4.74. The number of nitrogens with one attached hydrogen (secondary N) is 1. The van der Waals surface area contributed by atoms with Crippen LogP contribution in [0.15, 0.2) is 47.7 Å². The van der Waals surface area contributed by atoms with E-state index in [2.05, 4.69) is 15.4 Å². The number of rotatable bonds is 5. The van der Waals surface area contributed by atoms with Crippen LogP contribution < -0.4 is 11.1 Å². The van der Waals surface area contributed by atoms with Gasteiger partial charge in [-0.15, -0.1) is 0 Å². The predicted octanol–water partition coefficient (Wildman–Crippen LogP) is 1.07. The second-order valence-electron chi connectivity index (χ2n) is 4.39. The van der Waals surface area contributed by atoms with Crippen molar-refractivity contribution in [1.82, 2.24) is 15.1 Å². The van der Waals surface area contributed by atoms with Gasteiger partial charge >= 0.3 is 0 Å². The molecule has 0 saturated heterocycles. The van der Waals surface area contributed by atoms with Gasteiger partial charge < -0.3 is 11.1 Å². The number of hydrogen-bond acceptors (Lipinski definition) is 2. The van der Waals surface area contributed by atoms with Gasteiger partial charge in [0.25, 0.3) is 0 Å². The van der Waals surface area contributed by atoms with Gasteiger partial charge in [0, 0.05) is 19.8 Å². The lowest BCUT2D eigenvalue weighted by molar-refractivity contribution is 0.766. The van der Waals surface area contributed by atoms with Gasteiger partial charge in [0.1, 0.15) is 0 Å². The van der Waals surface area contributed by atoms with Crippen LogP contribution in [0.3, 0.4) is 0 Å². The lowest BCUT2D eigenvalue weighted by atomic mass is 10.2. The Kier molecular flexibility index (Phi) is 4.55. The summed E-state index contributed by atoms with van der Waals surface area (Å²) >= 11 is 0. The molecular weight excluding hydrogens is 238 g/mol. The van der Waals surface area contributed by atoms with Gasteiger partial charge in [-0.05, 0) is 17.5 Å². The highest BCUT2D eigenvalue weighted by atomic mass is 15.2. The minimum absolute atomic E-state index is 0.479. The number of guanidine groups is 1. The molecule has 2 rings (SSSR count). The largest absolute Gasteiger partial charge is 0.370 e. The van der Waals surface area contributed by atoms with Crippen LogP contribution in [0.25, 0.3) is 0 Å². The van der Waals surface area contributed by atoms with Crippen molar-refractivity contribution in [1.29, 1.82) is 0 Å². The normalized spacial score (nSPS) is 11.5. The van der Waals surface area contributed by atoms with E-state index in [9.17, 15) is 0 Å². The van der Waals surface area contributed by atoms with Crippen LogP contribution in [0.1, 0.15) is 11.1 Å². The Morgan fingerprint density at radius 2 is 2.11 bits per heavy atom. The lowest BCUT2D eigenvalue weighted by Crippen LogP contribution is -2.33. The first-order valence-electron chi connectivity index (χ1n) is 6.29. The first kappa shape index (κ1) is 13.1. The van der Waals surface area contributed by atoms with Crippen LogP contribution in [-0.4, -0.2) is 22.3 Å². The summed E-state index contributed by atoms with van der Waals surface area (Å²) < 4.78 is 1.79. The van der Waals surface area contributed by atoms with Crippen LogP contribution in [0.4, 0.5) is 0 Å². The fourth-order valence-electron chi connectivity index (χ4n) is 1.75. The molecule has 0 atom stereocenters. The maximum atomic E-state index is 5.81. The van der Waals surface area contributed by atoms with E-state index in [0.717, 1.165) is 18.5 Å². The van der Waals surface area contributed by atoms with Crippen molar-refractivity contribution in [2.45, 2.75) is 13.0 Å². The van der Waals surface area contributed by atoms with E-state index < -0.39 is 0 Å². The van der Waals surface area contributed by atoms with E-state index in [4.69, 9.17) is 5.73 Å². The van der Waals surface area contributed by atoms with Crippen LogP contribution in [0.5, 0.6) is 0 Å². The maximum absolute atomic E-state index is 5.81. The van der Waals surface area contributed by atoms with Crippen LogP contribution in [-0.2, 0) is 20.0 Å². The van der Waals surface area contributed by atoms with E-state index in [1.54, 1.807) is 4.68 Å². The predicted molar refractivity (Wildman–Crippen MR) is 76.7 cm³/mol. The zero-order chi connectivity index (χ0) is 13.5. The maximum Gasteiger partial charge on any atom is 0.188 e. The fraction of sp³-hybridized carbons (Fsp3) is 0.286. The van der Waals surface area contributed by atoms with Gasteiger partial charge in [-0.2, -0.15) is 5.10 Å². The SMILES string of the molecule is Cn1cc(CCNC(N)=NCc2ccccc2)cn1. The van der Waals surface area contributed by atoms with Crippen LogP contribution in [0.2, 0.25) is 0 Å². The van der Waals surface area contributed by atoms with Gasteiger partial charge in [-0.1, -0.05) is 30.3 Å². The number of nitrogens with zero attached hydrogens (tertiary/aromatic N) is 3. The Labute approximate surface area is 113 Å². The van der Waals surface area contributed by atoms with Gasteiger partial charge in [0.05, 0.1) is 12.7 Å². The van der Waals surface area contributed by atoms with Crippen LogP contribution in [0, 0.1) is 0 Å². The van der Waals surface area contributed by atoms with Crippen molar-refractivity contribution in [3.63, 3.8) is 0 Å². The smallest absolute Gasteiger partial charge is 0.188 e. The average molecular weight is 257 g/mol. The third-order valence-corrected chi connectivity index (χ3v) is 2.75. The molecule has 1 heterocycles. The van der Waals surface area contributed by atoms with Gasteiger partial charge in [-0.3, -0.25) is 4.68 Å². The fourth-order valence-corrected chi connectivity index (χ4v) is 1.75. The summed E-state index contributed by atoms with van der Waals surface area (Å²) in [6, 6.07) is 10.1. The van der Waals surface area contributed by atoms with E-state index in [-0.39, 0.29) is 0 Å². The molecule has 0 spiro atoms. The minimum atomic E-state index is 0.479. The first-order valence-corrected chi connectivity index (χ1v) is 6.29. The molecule has 0 aliphatic rings. The van der Waals surface area contributed by atoms with Crippen LogP contribution >= 0.6 is 0 Å². The molecule has 19 heavy (non-hydrogen) atoms. The summed E-state index contributed by atoms with van der Waals surface area (Å²) in [6.45, 7) is 1.36. The Morgan fingerprint density at radius 3 is 2.79 bits per heavy atom. The molecule has 1 aromatic heterocycles. The second-order valence-corrected chi connectivity index (χ2v) is 4.39. The van der Waals surface area contributed by atoms with E-state index >= 15 is 0 Å². The molecule has 0 unspecified atom stereocenters. The summed E-state index contributed by atoms with van der Waals surface area (Å²) in [4.78, 5) is 4.29. The van der Waals surface area contributed by atoms with Crippen molar-refractivity contribution in [2.75, 3.05) is 6.54 Å². The lowest BCUT2D eigenvalue weighted by Gasteiger charge is -2.04. The second kappa shape index (κ2) is 6.58. The van der Waals surface area contributed by atoms with Crippen molar-refractivity contribution in [2.24, 2.45) is 17.8 Å². The van der Waals surface area contributed by atoms with E-state index in [1.807, 2.05) is 49.8 Å². The highest BCUT2D eigenvalue weighted by Crippen LogP contribution is 1.99. The molecule has 0 fully saturated rings. The molecule has 0 saturated carbocycles. The summed E-state index contributed by atoms with van der Waals surface area (Å²) in [7, 11) is 1.91. The van der Waals surface area contributed by atoms with Crippen molar-refractivity contribution >= 4 is 5.96 Å². The van der Waals surface area contributed by atoms with Crippen molar-refractivity contribution in [3.8, 4) is 0 Å². The highest BCUT2D eigenvalue weighted by Gasteiger charge is 1.97. The van der Waals surface area contributed by atoms with E-state index in [1.165, 1.54) is 5.56 Å². The van der Waals surface area contributed by atoms with Gasteiger partial charge in [0.2, 0.25) is 0 Å². The molecule has 0 radical (unpaired) electrons. The summed E-state index contributed by atoms with van der Waals surface area (Å²) in [5, 5.41) is 7.22. The number of aliphatic imine (C=N–C) groups is 1. The van der Waals surface area contributed by atoms with Crippen molar-refractivity contribution < 1.29 is 0 Å². The number of aryl methyl sites for hydroxylation is 1. The molecule has 5 heteroatoms. The van der Waals surface area contributed by atoms with E-state index in [0.29, 0.717) is 12.5 Å². The average Bonchev–Trinajstić information content (AvgIpc) is 2.83. The zero-order valence-electron chi connectivity index (χ0n) is 11.1. The summed E-state index contributed by atoms with van der Waals surface area (Å²) in [5.41, 5.74) is 8.15. The molecule has 5 nitrogen and oxygen atoms in total. The number of nitrogens with two attached hydrogens (primary N) is 1. The molecule has 2 aromatic rings. The molecule has 0 aliphatic heterocycles. The third kappa shape index (κ3) is 4.46. The number of aromatic nitrogens is 2. The Hall–Kier alpha value is -2.30. The molecule has 0 amide bonds. The highest BCUT2D eigenvalue weighted by molar-refractivity contribution is 5.77. The summed E-state index contributed by atoms with van der Waals surface area (Å²) in [5.74, 6) is 0.479. The minimum Gasteiger partial charge on any atom is -0.370 e. The Balaban J connectivity index is 1.73. The Bertz CT molecular complexity index is 530. The van der Waals surface area contributed by atoms with Gasteiger partial charge in [-0.25, -0.2) is 4.99 Å². The molecule has 0 aliphatic carbocycles. The Morgan fingerprint density at radius 1 is 1.32 bits per heavy atom. The monoisotopic (exact) mass is 257 g/mol. The molecular formula is C14H19N5. The third-order valence-electron chi connectivity index (χ3n) is 2.75. The molecule has 3 N–H and O–H groups in total. The van der Waals surface area contributed by atoms with Gasteiger partial charge in [0.15, 0.2) is 5.96 Å². The molecule has 0 bridgehead atoms. The molecule has 1 aromatic carbocycles. The quantitative estimate of drug-likeness (QED) is 0.622. The van der Waals surface area contributed by atoms with Crippen molar-refractivity contribution in [3.05, 3.63) is 53.9 Å². The topological polar surface area (TPSA) is 68.2 Å². The number of hydrogen-bond donors (Lipinski definition) is 2. The molecule has 100 valence electrons. The standard InChI is InChI=1S/C14H19N5/c1-19-11-13(10-18-19)7-8-16-14(15)17-9-12-5-3-2-4-6-12/h2-6,10-11H,7-9H2,1H3,(H3,15,16,17).